The molecule has 0 radical (unpaired) electrons. The van der Waals surface area contributed by atoms with Crippen molar-refractivity contribution in [3.63, 3.8) is 0 Å². The van der Waals surface area contributed by atoms with Gasteiger partial charge in [-0.25, -0.2) is 4.98 Å². The molecule has 6 heteroatoms. The van der Waals surface area contributed by atoms with Crippen LogP contribution in [0.15, 0.2) is 42.5 Å². The molecule has 1 aromatic heterocycles. The number of nitro groups is 1. The van der Waals surface area contributed by atoms with E-state index < -0.39 is 4.92 Å². The number of imidazole rings is 1. The summed E-state index contributed by atoms with van der Waals surface area (Å²) < 4.78 is 5.28. The zero-order valence-corrected chi connectivity index (χ0v) is 11.8. The molecule has 1 N–H and O–H groups in total. The fourth-order valence-electron chi connectivity index (χ4n) is 2.18. The molecule has 3 aromatic rings. The van der Waals surface area contributed by atoms with E-state index in [0.717, 1.165) is 11.3 Å². The summed E-state index contributed by atoms with van der Waals surface area (Å²) in [6.45, 7) is 0. The minimum Gasteiger partial charge on any atom is -0.496 e. The van der Waals surface area contributed by atoms with Crippen molar-refractivity contribution in [3.05, 3.63) is 64.0 Å². The van der Waals surface area contributed by atoms with Gasteiger partial charge in [-0.15, -0.1) is 0 Å². The minimum absolute atomic E-state index is 0.0383. The Kier molecular flexibility index (Phi) is 3.57. The van der Waals surface area contributed by atoms with Crippen molar-refractivity contribution in [3.8, 4) is 5.75 Å². The number of aromatic nitrogens is 2. The van der Waals surface area contributed by atoms with Gasteiger partial charge in [0.2, 0.25) is 0 Å². The molecule has 0 unspecified atom stereocenters. The topological polar surface area (TPSA) is 81.1 Å². The van der Waals surface area contributed by atoms with Crippen molar-refractivity contribution in [1.82, 2.24) is 9.97 Å². The number of hydrogen-bond donors (Lipinski definition) is 1. The van der Waals surface area contributed by atoms with Crippen LogP contribution in [0.5, 0.6) is 5.75 Å². The molecule has 0 aliphatic rings. The molecule has 0 atom stereocenters. The highest BCUT2D eigenvalue weighted by Gasteiger charge is 2.08. The number of ether oxygens (including phenoxy) is 1. The molecule has 0 spiro atoms. The van der Waals surface area contributed by atoms with Crippen molar-refractivity contribution in [2.24, 2.45) is 0 Å². The van der Waals surface area contributed by atoms with Crippen molar-refractivity contribution in [2.75, 3.05) is 7.11 Å². The summed E-state index contributed by atoms with van der Waals surface area (Å²) >= 11 is 0. The fraction of sp³-hybridized carbons (Fsp3) is 0.0625. The maximum atomic E-state index is 10.8. The smallest absolute Gasteiger partial charge is 0.271 e. The van der Waals surface area contributed by atoms with Crippen molar-refractivity contribution < 1.29 is 9.66 Å². The number of fused-ring (bicyclic) bond motifs is 1. The predicted molar refractivity (Wildman–Crippen MR) is 84.7 cm³/mol. The van der Waals surface area contributed by atoms with Crippen LogP contribution < -0.4 is 4.74 Å². The van der Waals surface area contributed by atoms with Crippen molar-refractivity contribution in [1.29, 1.82) is 0 Å². The first-order valence-electron chi connectivity index (χ1n) is 6.62. The third-order valence-corrected chi connectivity index (χ3v) is 3.25. The van der Waals surface area contributed by atoms with Crippen molar-refractivity contribution >= 4 is 28.9 Å². The van der Waals surface area contributed by atoms with Crippen LogP contribution in [0, 0.1) is 10.1 Å². The minimum atomic E-state index is -0.426. The number of H-pyrrole nitrogens is 1. The van der Waals surface area contributed by atoms with Crippen molar-refractivity contribution in [2.45, 2.75) is 0 Å². The fourth-order valence-corrected chi connectivity index (χ4v) is 2.18. The maximum absolute atomic E-state index is 10.8. The first-order valence-corrected chi connectivity index (χ1v) is 6.62. The molecule has 3 rings (SSSR count). The lowest BCUT2D eigenvalue weighted by molar-refractivity contribution is -0.384. The predicted octanol–water partition coefficient (Wildman–Crippen LogP) is 3.65. The van der Waals surface area contributed by atoms with Gasteiger partial charge in [-0.2, -0.15) is 0 Å². The van der Waals surface area contributed by atoms with Gasteiger partial charge in [-0.3, -0.25) is 10.1 Å². The third kappa shape index (κ3) is 2.67. The number of nitrogens with one attached hydrogen (secondary N) is 1. The number of aromatic amines is 1. The lowest BCUT2D eigenvalue weighted by Gasteiger charge is -2.02. The first kappa shape index (κ1) is 13.8. The summed E-state index contributed by atoms with van der Waals surface area (Å²) in [5, 5.41) is 10.8. The van der Waals surface area contributed by atoms with Gasteiger partial charge in [0.05, 0.1) is 23.1 Å². The van der Waals surface area contributed by atoms with Crippen LogP contribution in [0.3, 0.4) is 0 Å². The van der Waals surface area contributed by atoms with Crippen LogP contribution in [-0.2, 0) is 0 Å². The number of para-hydroxylation sites is 1. The molecular weight excluding hydrogens is 282 g/mol. The highest BCUT2D eigenvalue weighted by atomic mass is 16.6. The van der Waals surface area contributed by atoms with Crippen LogP contribution in [0.1, 0.15) is 11.4 Å². The standard InChI is InChI=1S/C16H13N3O3/c1-22-15-5-3-2-4-11(15)6-9-16-17-13-8-7-12(19(20)21)10-14(13)18-16/h2-10H,1H3,(H,17,18). The second kappa shape index (κ2) is 5.69. The molecule has 6 nitrogen and oxygen atoms in total. The highest BCUT2D eigenvalue weighted by molar-refractivity contribution is 5.81. The van der Waals surface area contributed by atoms with Gasteiger partial charge < -0.3 is 9.72 Å². The Balaban J connectivity index is 1.93. The lowest BCUT2D eigenvalue weighted by Crippen LogP contribution is -1.86. The van der Waals surface area contributed by atoms with Gasteiger partial charge in [0, 0.05) is 17.7 Å². The SMILES string of the molecule is COc1ccccc1C=Cc1nc2ccc([N+](=O)[O-])cc2[nH]1. The Morgan fingerprint density at radius 3 is 2.82 bits per heavy atom. The molecule has 0 saturated carbocycles. The van der Waals surface area contributed by atoms with E-state index in [2.05, 4.69) is 9.97 Å². The Hall–Kier alpha value is -3.15. The monoisotopic (exact) mass is 295 g/mol. The average Bonchev–Trinajstić information content (AvgIpc) is 2.95. The Labute approximate surface area is 126 Å². The van der Waals surface area contributed by atoms with E-state index in [9.17, 15) is 10.1 Å². The number of benzene rings is 2. The molecule has 2 aromatic carbocycles. The normalized spacial score (nSPS) is 11.1. The van der Waals surface area contributed by atoms with Gasteiger partial charge >= 0.3 is 0 Å². The van der Waals surface area contributed by atoms with Crippen LogP contribution in [0.4, 0.5) is 5.69 Å². The number of methoxy groups -OCH3 is 1. The van der Waals surface area contributed by atoms with Gasteiger partial charge in [0.25, 0.3) is 5.69 Å². The summed E-state index contributed by atoms with van der Waals surface area (Å²) in [5.41, 5.74) is 2.28. The zero-order valence-electron chi connectivity index (χ0n) is 11.8. The Morgan fingerprint density at radius 2 is 2.05 bits per heavy atom. The zero-order chi connectivity index (χ0) is 15.5. The molecule has 0 saturated heterocycles. The van der Waals surface area contributed by atoms with E-state index in [0.29, 0.717) is 16.9 Å². The van der Waals surface area contributed by atoms with Gasteiger partial charge in [-0.1, -0.05) is 18.2 Å². The lowest BCUT2D eigenvalue weighted by atomic mass is 10.2. The van der Waals surface area contributed by atoms with E-state index in [1.165, 1.54) is 12.1 Å². The first-order chi connectivity index (χ1) is 10.7. The van der Waals surface area contributed by atoms with E-state index in [-0.39, 0.29) is 5.69 Å². The molecule has 110 valence electrons. The van der Waals surface area contributed by atoms with Crippen LogP contribution in [-0.4, -0.2) is 22.0 Å². The van der Waals surface area contributed by atoms with Gasteiger partial charge in [-0.05, 0) is 24.3 Å². The number of hydrogen-bond acceptors (Lipinski definition) is 4. The molecule has 1 heterocycles. The average molecular weight is 295 g/mol. The number of non-ortho nitro benzene ring substituents is 1. The molecular formula is C16H13N3O3. The quantitative estimate of drug-likeness (QED) is 0.588. The number of nitro benzene ring substituents is 1. The Bertz CT molecular complexity index is 868. The molecule has 0 amide bonds. The summed E-state index contributed by atoms with van der Waals surface area (Å²) in [5.74, 6) is 1.40. The molecule has 22 heavy (non-hydrogen) atoms. The van der Waals surface area contributed by atoms with E-state index in [4.69, 9.17) is 4.74 Å². The highest BCUT2D eigenvalue weighted by Crippen LogP contribution is 2.22. The van der Waals surface area contributed by atoms with Crippen LogP contribution in [0.25, 0.3) is 23.2 Å². The van der Waals surface area contributed by atoms with Gasteiger partial charge in [0.1, 0.15) is 11.6 Å². The van der Waals surface area contributed by atoms with Crippen LogP contribution in [0.2, 0.25) is 0 Å². The Morgan fingerprint density at radius 1 is 1.23 bits per heavy atom. The number of nitrogens with zero attached hydrogens (tertiary/aromatic N) is 2. The largest absolute Gasteiger partial charge is 0.496 e. The molecule has 0 aliphatic carbocycles. The summed E-state index contributed by atoms with van der Waals surface area (Å²) in [4.78, 5) is 17.8. The maximum Gasteiger partial charge on any atom is 0.271 e. The van der Waals surface area contributed by atoms with E-state index >= 15 is 0 Å². The molecule has 0 aliphatic heterocycles. The van der Waals surface area contributed by atoms with Gasteiger partial charge in [0.15, 0.2) is 0 Å². The summed E-state index contributed by atoms with van der Waals surface area (Å²) in [6.07, 6.45) is 3.69. The second-order valence-corrected chi connectivity index (χ2v) is 4.66. The third-order valence-electron chi connectivity index (χ3n) is 3.25. The molecule has 0 fully saturated rings. The summed E-state index contributed by atoms with van der Waals surface area (Å²) in [7, 11) is 1.62. The molecule has 0 bridgehead atoms. The number of rotatable bonds is 4. The van der Waals surface area contributed by atoms with E-state index in [1.54, 1.807) is 13.2 Å². The van der Waals surface area contributed by atoms with Crippen LogP contribution >= 0.6 is 0 Å². The second-order valence-electron chi connectivity index (χ2n) is 4.66. The summed E-state index contributed by atoms with van der Waals surface area (Å²) in [6, 6.07) is 12.2. The van der Waals surface area contributed by atoms with E-state index in [1.807, 2.05) is 36.4 Å².